The van der Waals surface area contributed by atoms with Crippen LogP contribution in [0.1, 0.15) is 26.3 Å². The molecule has 1 aliphatic rings. The van der Waals surface area contributed by atoms with Gasteiger partial charge in [0, 0.05) is 38.5 Å². The molecule has 0 radical (unpaired) electrons. The molecule has 0 unspecified atom stereocenters. The van der Waals surface area contributed by atoms with E-state index in [1.807, 2.05) is 43.3 Å². The second-order valence-corrected chi connectivity index (χ2v) is 6.52. The monoisotopic (exact) mass is 382 g/mol. The number of amides is 3. The molecule has 0 aromatic heterocycles. The van der Waals surface area contributed by atoms with Crippen molar-refractivity contribution in [3.05, 3.63) is 69.3 Å². The number of nitro groups is 1. The molecule has 28 heavy (non-hydrogen) atoms. The molecular formula is C19H18N4O5. The van der Waals surface area contributed by atoms with E-state index in [0.717, 1.165) is 28.3 Å². The van der Waals surface area contributed by atoms with Gasteiger partial charge in [-0.05, 0) is 23.8 Å². The van der Waals surface area contributed by atoms with E-state index in [1.165, 1.54) is 6.07 Å². The molecule has 0 spiro atoms. The van der Waals surface area contributed by atoms with E-state index in [1.54, 1.807) is 0 Å². The summed E-state index contributed by atoms with van der Waals surface area (Å²) in [5, 5.41) is 13.5. The molecule has 144 valence electrons. The lowest BCUT2D eigenvalue weighted by atomic mass is 10.1. The van der Waals surface area contributed by atoms with Gasteiger partial charge in [-0.1, -0.05) is 12.1 Å². The van der Waals surface area contributed by atoms with E-state index in [0.29, 0.717) is 0 Å². The van der Waals surface area contributed by atoms with Crippen molar-refractivity contribution < 1.29 is 19.3 Å². The van der Waals surface area contributed by atoms with E-state index in [9.17, 15) is 24.5 Å². The number of nitrogens with one attached hydrogen (secondary N) is 1. The molecule has 2 aromatic rings. The Balaban J connectivity index is 1.63. The van der Waals surface area contributed by atoms with Crippen molar-refractivity contribution in [2.45, 2.75) is 6.54 Å². The zero-order valence-corrected chi connectivity index (χ0v) is 15.3. The van der Waals surface area contributed by atoms with Gasteiger partial charge < -0.3 is 10.2 Å². The van der Waals surface area contributed by atoms with Crippen molar-refractivity contribution in [2.75, 3.05) is 25.5 Å². The van der Waals surface area contributed by atoms with E-state index >= 15 is 0 Å². The topological polar surface area (TPSA) is 113 Å². The number of non-ortho nitro benzene ring substituents is 1. The van der Waals surface area contributed by atoms with Gasteiger partial charge >= 0.3 is 0 Å². The number of nitro benzene ring substituents is 1. The predicted octanol–water partition coefficient (Wildman–Crippen LogP) is 1.57. The summed E-state index contributed by atoms with van der Waals surface area (Å²) >= 11 is 0. The van der Waals surface area contributed by atoms with Crippen LogP contribution in [0.25, 0.3) is 0 Å². The van der Waals surface area contributed by atoms with Gasteiger partial charge in [-0.2, -0.15) is 0 Å². The van der Waals surface area contributed by atoms with Crippen molar-refractivity contribution in [3.63, 3.8) is 0 Å². The quantitative estimate of drug-likeness (QED) is 0.461. The number of hydrogen-bond acceptors (Lipinski definition) is 6. The van der Waals surface area contributed by atoms with Crippen molar-refractivity contribution >= 4 is 29.1 Å². The third-order valence-corrected chi connectivity index (χ3v) is 4.41. The van der Waals surface area contributed by atoms with Crippen LogP contribution in [0.2, 0.25) is 0 Å². The minimum Gasteiger partial charge on any atom is -0.378 e. The highest BCUT2D eigenvalue weighted by molar-refractivity contribution is 6.22. The minimum absolute atomic E-state index is 0.0580. The van der Waals surface area contributed by atoms with E-state index in [2.05, 4.69) is 5.32 Å². The van der Waals surface area contributed by atoms with Gasteiger partial charge in [0.2, 0.25) is 5.91 Å². The Labute approximate surface area is 160 Å². The number of benzene rings is 2. The number of imide groups is 1. The largest absolute Gasteiger partial charge is 0.378 e. The second kappa shape index (κ2) is 7.47. The molecular weight excluding hydrogens is 364 g/mol. The Hall–Kier alpha value is -3.75. The van der Waals surface area contributed by atoms with Crippen LogP contribution in [0.4, 0.5) is 11.4 Å². The molecule has 0 saturated carbocycles. The van der Waals surface area contributed by atoms with Gasteiger partial charge in [-0.15, -0.1) is 0 Å². The maximum Gasteiger partial charge on any atom is 0.270 e. The lowest BCUT2D eigenvalue weighted by Gasteiger charge is -2.14. The maximum absolute atomic E-state index is 12.4. The average molecular weight is 382 g/mol. The van der Waals surface area contributed by atoms with Crippen LogP contribution in [0, 0.1) is 10.1 Å². The predicted molar refractivity (Wildman–Crippen MR) is 101 cm³/mol. The number of fused-ring (bicyclic) bond motifs is 1. The van der Waals surface area contributed by atoms with Crippen LogP contribution < -0.4 is 10.2 Å². The van der Waals surface area contributed by atoms with Gasteiger partial charge in [-0.25, -0.2) is 0 Å². The molecule has 0 saturated heterocycles. The van der Waals surface area contributed by atoms with Gasteiger partial charge in [0.1, 0.15) is 6.54 Å². The zero-order chi connectivity index (χ0) is 20.4. The number of carbonyl (C=O) groups is 3. The van der Waals surface area contributed by atoms with Gasteiger partial charge in [-0.3, -0.25) is 29.4 Å². The Kier molecular flexibility index (Phi) is 5.08. The molecule has 0 bridgehead atoms. The van der Waals surface area contributed by atoms with Crippen molar-refractivity contribution in [2.24, 2.45) is 0 Å². The highest BCUT2D eigenvalue weighted by atomic mass is 16.6. The van der Waals surface area contributed by atoms with Gasteiger partial charge in [0.25, 0.3) is 17.5 Å². The number of hydrogen-bond donors (Lipinski definition) is 1. The molecule has 3 rings (SSSR count). The molecule has 1 aliphatic heterocycles. The summed E-state index contributed by atoms with van der Waals surface area (Å²) in [5.74, 6) is -1.85. The number of nitrogens with zero attached hydrogens (tertiary/aromatic N) is 3. The van der Waals surface area contributed by atoms with Gasteiger partial charge in [0.05, 0.1) is 16.1 Å². The van der Waals surface area contributed by atoms with Crippen LogP contribution >= 0.6 is 0 Å². The Bertz CT molecular complexity index is 969. The van der Waals surface area contributed by atoms with Crippen molar-refractivity contribution in [1.29, 1.82) is 0 Å². The molecule has 1 N–H and O–H groups in total. The van der Waals surface area contributed by atoms with Gasteiger partial charge in [0.15, 0.2) is 0 Å². The second-order valence-electron chi connectivity index (χ2n) is 6.52. The Morgan fingerprint density at radius 1 is 1.07 bits per heavy atom. The van der Waals surface area contributed by atoms with Crippen LogP contribution in [0.3, 0.4) is 0 Å². The number of rotatable bonds is 6. The molecule has 0 atom stereocenters. The fourth-order valence-corrected chi connectivity index (χ4v) is 2.85. The first-order chi connectivity index (χ1) is 13.3. The van der Waals surface area contributed by atoms with E-state index in [4.69, 9.17) is 0 Å². The van der Waals surface area contributed by atoms with Crippen molar-refractivity contribution in [1.82, 2.24) is 10.2 Å². The molecule has 0 fully saturated rings. The van der Waals surface area contributed by atoms with Crippen molar-refractivity contribution in [3.8, 4) is 0 Å². The van der Waals surface area contributed by atoms with E-state index < -0.39 is 29.2 Å². The maximum atomic E-state index is 12.4. The SMILES string of the molecule is CN(C)c1ccc(CNC(=O)CN2C(=O)c3ccc([N+](=O)[O-])cc3C2=O)cc1. The molecule has 1 heterocycles. The van der Waals surface area contributed by atoms with E-state index in [-0.39, 0.29) is 23.4 Å². The smallest absolute Gasteiger partial charge is 0.270 e. The van der Waals surface area contributed by atoms with Crippen LogP contribution in [-0.2, 0) is 11.3 Å². The lowest BCUT2D eigenvalue weighted by Crippen LogP contribution is -2.40. The normalized spacial score (nSPS) is 12.7. The summed E-state index contributed by atoms with van der Waals surface area (Å²) in [4.78, 5) is 49.9. The molecule has 9 nitrogen and oxygen atoms in total. The Morgan fingerprint density at radius 2 is 1.71 bits per heavy atom. The molecule has 3 amide bonds. The lowest BCUT2D eigenvalue weighted by molar-refractivity contribution is -0.384. The number of carbonyl (C=O) groups excluding carboxylic acids is 3. The third kappa shape index (κ3) is 3.68. The summed E-state index contributed by atoms with van der Waals surface area (Å²) in [7, 11) is 3.85. The summed E-state index contributed by atoms with van der Waals surface area (Å²) in [6.07, 6.45) is 0. The van der Waals surface area contributed by atoms with Crippen LogP contribution in [0.5, 0.6) is 0 Å². The summed E-state index contributed by atoms with van der Waals surface area (Å²) in [6.45, 7) is -0.197. The first-order valence-electron chi connectivity index (χ1n) is 8.45. The zero-order valence-electron chi connectivity index (χ0n) is 15.3. The summed E-state index contributed by atoms with van der Waals surface area (Å²) in [6, 6.07) is 11.0. The molecule has 9 heteroatoms. The third-order valence-electron chi connectivity index (χ3n) is 4.41. The summed E-state index contributed by atoms with van der Waals surface area (Å²) in [5.41, 5.74) is 1.61. The highest BCUT2D eigenvalue weighted by Gasteiger charge is 2.37. The average Bonchev–Trinajstić information content (AvgIpc) is 2.91. The fraction of sp³-hybridized carbons (Fsp3) is 0.211. The van der Waals surface area contributed by atoms with Crippen LogP contribution in [-0.4, -0.2) is 48.2 Å². The highest BCUT2D eigenvalue weighted by Crippen LogP contribution is 2.26. The first kappa shape index (κ1) is 19.0. The Morgan fingerprint density at radius 3 is 2.32 bits per heavy atom. The fourth-order valence-electron chi connectivity index (χ4n) is 2.85. The number of anilines is 1. The van der Waals surface area contributed by atoms with Crippen LogP contribution in [0.15, 0.2) is 42.5 Å². The standard InChI is InChI=1S/C19H18N4O5/c1-21(2)13-5-3-12(4-6-13)10-20-17(24)11-22-18(25)15-8-7-14(23(27)28)9-16(15)19(22)26/h3-9H,10-11H2,1-2H3,(H,20,24). The minimum atomic E-state index is -0.714. The summed E-state index contributed by atoms with van der Waals surface area (Å²) < 4.78 is 0. The molecule has 0 aliphatic carbocycles. The first-order valence-corrected chi connectivity index (χ1v) is 8.45. The molecule has 2 aromatic carbocycles.